The van der Waals surface area contributed by atoms with Crippen LogP contribution >= 0.6 is 15.9 Å². The second kappa shape index (κ2) is 7.50. The van der Waals surface area contributed by atoms with Gasteiger partial charge in [-0.15, -0.1) is 0 Å². The predicted molar refractivity (Wildman–Crippen MR) is 88.3 cm³/mol. The van der Waals surface area contributed by atoms with Crippen LogP contribution in [0.4, 0.5) is 10.5 Å². The van der Waals surface area contributed by atoms with Crippen molar-refractivity contribution in [2.75, 3.05) is 12.4 Å². The zero-order chi connectivity index (χ0) is 15.1. The summed E-state index contributed by atoms with van der Waals surface area (Å²) in [4.78, 5) is 11.7. The summed E-state index contributed by atoms with van der Waals surface area (Å²) in [5.41, 5.74) is 1.70. The van der Waals surface area contributed by atoms with Crippen LogP contribution in [0.2, 0.25) is 0 Å². The Hall–Kier alpha value is -2.27. The van der Waals surface area contributed by atoms with Crippen molar-refractivity contribution in [1.82, 2.24) is 5.32 Å². The minimum Gasteiger partial charge on any atom is -0.497 e. The van der Waals surface area contributed by atoms with Gasteiger partial charge in [0.25, 0.3) is 0 Å². The topological polar surface area (TPSA) is 50.4 Å². The number of carbonyl (C=O) groups excluding carboxylic acids is 1. The highest BCUT2D eigenvalue weighted by molar-refractivity contribution is 9.10. The van der Waals surface area contributed by atoms with Crippen LogP contribution in [-0.4, -0.2) is 13.1 Å². The quantitative estimate of drug-likeness (QED) is 0.869. The lowest BCUT2D eigenvalue weighted by molar-refractivity contribution is 0.255. The number of nitrogens with one attached hydrogen (secondary N) is 2. The molecule has 0 saturated heterocycles. The molecule has 2 aromatic rings. The van der Waals surface area contributed by atoms with E-state index >= 15 is 0 Å². The Morgan fingerprint density at radius 2 is 1.76 bits per heavy atom. The number of amides is 2. The first kappa shape index (κ1) is 15.1. The number of hydrogen-bond donors (Lipinski definition) is 2. The Morgan fingerprint density at radius 1 is 1.10 bits per heavy atom. The van der Waals surface area contributed by atoms with E-state index in [0.29, 0.717) is 0 Å². The average molecular weight is 347 g/mol. The fourth-order valence-corrected chi connectivity index (χ4v) is 1.89. The van der Waals surface area contributed by atoms with E-state index in [1.807, 2.05) is 48.5 Å². The molecule has 2 aromatic carbocycles. The molecule has 0 unspecified atom stereocenters. The van der Waals surface area contributed by atoms with Gasteiger partial charge in [0.2, 0.25) is 0 Å². The third kappa shape index (κ3) is 4.96. The van der Waals surface area contributed by atoms with Crippen LogP contribution in [0.5, 0.6) is 5.75 Å². The highest BCUT2D eigenvalue weighted by atomic mass is 79.9. The molecule has 0 aliphatic heterocycles. The number of ether oxygens (including phenoxy) is 1. The molecule has 0 bridgehead atoms. The van der Waals surface area contributed by atoms with E-state index < -0.39 is 0 Å². The van der Waals surface area contributed by atoms with Crippen molar-refractivity contribution in [2.24, 2.45) is 0 Å². The number of anilines is 1. The molecule has 2 N–H and O–H groups in total. The smallest absolute Gasteiger partial charge is 0.323 e. The highest BCUT2D eigenvalue weighted by Gasteiger charge is 1.98. The number of rotatable bonds is 4. The predicted octanol–water partition coefficient (Wildman–Crippen LogP) is 4.25. The first-order chi connectivity index (χ1) is 10.2. The van der Waals surface area contributed by atoms with Gasteiger partial charge in [-0.25, -0.2) is 4.79 Å². The van der Waals surface area contributed by atoms with Crippen LogP contribution in [0.15, 0.2) is 59.2 Å². The van der Waals surface area contributed by atoms with Gasteiger partial charge in [0.1, 0.15) is 5.75 Å². The van der Waals surface area contributed by atoms with Crippen molar-refractivity contribution >= 4 is 33.7 Å². The molecule has 108 valence electrons. The Bertz CT molecular complexity index is 622. The lowest BCUT2D eigenvalue weighted by Crippen LogP contribution is -2.23. The lowest BCUT2D eigenvalue weighted by atomic mass is 10.2. The SMILES string of the molecule is COc1ccc(/C=C/NC(=O)Nc2ccc(Br)cc2)cc1. The summed E-state index contributed by atoms with van der Waals surface area (Å²) in [6.45, 7) is 0. The molecule has 4 nitrogen and oxygen atoms in total. The van der Waals surface area contributed by atoms with Crippen LogP contribution in [0.1, 0.15) is 5.56 Å². The number of benzene rings is 2. The van der Waals surface area contributed by atoms with Gasteiger partial charge in [-0.3, -0.25) is 0 Å². The molecule has 21 heavy (non-hydrogen) atoms. The van der Waals surface area contributed by atoms with Gasteiger partial charge in [0.15, 0.2) is 0 Å². The van der Waals surface area contributed by atoms with Crippen molar-refractivity contribution in [2.45, 2.75) is 0 Å². The summed E-state index contributed by atoms with van der Waals surface area (Å²) in [6.07, 6.45) is 3.40. The molecule has 2 amide bonds. The minimum absolute atomic E-state index is 0.290. The largest absolute Gasteiger partial charge is 0.497 e. The van der Waals surface area contributed by atoms with E-state index in [4.69, 9.17) is 4.74 Å². The molecule has 0 aliphatic carbocycles. The Kier molecular flexibility index (Phi) is 5.40. The molecule has 0 radical (unpaired) electrons. The monoisotopic (exact) mass is 346 g/mol. The molecule has 0 heterocycles. The summed E-state index contributed by atoms with van der Waals surface area (Å²) in [5.74, 6) is 0.799. The van der Waals surface area contributed by atoms with Gasteiger partial charge < -0.3 is 15.4 Å². The zero-order valence-electron chi connectivity index (χ0n) is 11.5. The molecule has 0 saturated carbocycles. The van der Waals surface area contributed by atoms with Crippen LogP contribution in [0, 0.1) is 0 Å². The summed E-state index contributed by atoms with van der Waals surface area (Å²) >= 11 is 3.34. The molecule has 0 spiro atoms. The number of carbonyl (C=O) groups is 1. The molecule has 5 heteroatoms. The van der Waals surface area contributed by atoms with E-state index in [-0.39, 0.29) is 6.03 Å². The average Bonchev–Trinajstić information content (AvgIpc) is 2.50. The molecular formula is C16H15BrN2O2. The van der Waals surface area contributed by atoms with Gasteiger partial charge in [-0.1, -0.05) is 28.1 Å². The summed E-state index contributed by atoms with van der Waals surface area (Å²) in [5, 5.41) is 5.38. The molecule has 0 fully saturated rings. The maximum Gasteiger partial charge on any atom is 0.323 e. The van der Waals surface area contributed by atoms with Gasteiger partial charge >= 0.3 is 6.03 Å². The fourth-order valence-electron chi connectivity index (χ4n) is 1.63. The summed E-state index contributed by atoms with van der Waals surface area (Å²) < 4.78 is 6.05. The molecule has 0 atom stereocenters. The van der Waals surface area contributed by atoms with E-state index in [0.717, 1.165) is 21.5 Å². The summed E-state index contributed by atoms with van der Waals surface area (Å²) in [6, 6.07) is 14.6. The van der Waals surface area contributed by atoms with Crippen LogP contribution in [0.3, 0.4) is 0 Å². The molecular weight excluding hydrogens is 332 g/mol. The normalized spacial score (nSPS) is 10.4. The fraction of sp³-hybridized carbons (Fsp3) is 0.0625. The van der Waals surface area contributed by atoms with E-state index in [9.17, 15) is 4.79 Å². The third-order valence-corrected chi connectivity index (χ3v) is 3.24. The van der Waals surface area contributed by atoms with Crippen molar-refractivity contribution < 1.29 is 9.53 Å². The van der Waals surface area contributed by atoms with E-state index in [1.54, 1.807) is 19.4 Å². The van der Waals surface area contributed by atoms with E-state index in [1.165, 1.54) is 0 Å². The van der Waals surface area contributed by atoms with Crippen molar-refractivity contribution in [3.8, 4) is 5.75 Å². The number of halogens is 1. The molecule has 2 rings (SSSR count). The summed E-state index contributed by atoms with van der Waals surface area (Å²) in [7, 11) is 1.62. The van der Waals surface area contributed by atoms with Crippen molar-refractivity contribution in [1.29, 1.82) is 0 Å². The van der Waals surface area contributed by atoms with Crippen LogP contribution in [0.25, 0.3) is 6.08 Å². The van der Waals surface area contributed by atoms with Crippen LogP contribution in [-0.2, 0) is 0 Å². The van der Waals surface area contributed by atoms with Gasteiger partial charge in [-0.05, 0) is 48.0 Å². The number of urea groups is 1. The molecule has 0 aliphatic rings. The maximum absolute atomic E-state index is 11.7. The van der Waals surface area contributed by atoms with Crippen LogP contribution < -0.4 is 15.4 Å². The molecule has 0 aromatic heterocycles. The Morgan fingerprint density at radius 3 is 2.38 bits per heavy atom. The number of hydrogen-bond acceptors (Lipinski definition) is 2. The first-order valence-electron chi connectivity index (χ1n) is 6.31. The highest BCUT2D eigenvalue weighted by Crippen LogP contribution is 2.14. The minimum atomic E-state index is -0.290. The van der Waals surface area contributed by atoms with Gasteiger partial charge in [0.05, 0.1) is 7.11 Å². The second-order valence-corrected chi connectivity index (χ2v) is 5.13. The zero-order valence-corrected chi connectivity index (χ0v) is 13.1. The Balaban J connectivity index is 1.85. The van der Waals surface area contributed by atoms with Crippen molar-refractivity contribution in [3.63, 3.8) is 0 Å². The Labute approximate surface area is 132 Å². The second-order valence-electron chi connectivity index (χ2n) is 4.21. The van der Waals surface area contributed by atoms with Crippen molar-refractivity contribution in [3.05, 3.63) is 64.8 Å². The lowest BCUT2D eigenvalue weighted by Gasteiger charge is -2.04. The first-order valence-corrected chi connectivity index (χ1v) is 7.10. The number of methoxy groups -OCH3 is 1. The maximum atomic E-state index is 11.7. The van der Waals surface area contributed by atoms with Gasteiger partial charge in [0, 0.05) is 16.4 Å². The van der Waals surface area contributed by atoms with Gasteiger partial charge in [-0.2, -0.15) is 0 Å². The third-order valence-electron chi connectivity index (χ3n) is 2.71. The van der Waals surface area contributed by atoms with E-state index in [2.05, 4.69) is 26.6 Å². The standard InChI is InChI=1S/C16H15BrN2O2/c1-21-15-8-2-12(3-9-15)10-11-18-16(20)19-14-6-4-13(17)5-7-14/h2-11H,1H3,(H2,18,19,20)/b11-10+.